The van der Waals surface area contributed by atoms with Gasteiger partial charge >= 0.3 is 0 Å². The van der Waals surface area contributed by atoms with Gasteiger partial charge in [-0.3, -0.25) is 9.88 Å². The van der Waals surface area contributed by atoms with Crippen LogP contribution < -0.4 is 0 Å². The van der Waals surface area contributed by atoms with E-state index in [-0.39, 0.29) is 0 Å². The number of likely N-dealkylation sites (tertiary alicyclic amines) is 1. The quantitative estimate of drug-likeness (QED) is 0.666. The van der Waals surface area contributed by atoms with Gasteiger partial charge in [0.15, 0.2) is 5.82 Å². The van der Waals surface area contributed by atoms with Crippen LogP contribution in [0.2, 0.25) is 0 Å². The van der Waals surface area contributed by atoms with E-state index >= 15 is 0 Å². The second-order valence-corrected chi connectivity index (χ2v) is 7.58. The average molecular weight is 364 g/mol. The number of nitrogens with zero attached hydrogens (tertiary/aromatic N) is 8. The van der Waals surface area contributed by atoms with Gasteiger partial charge in [0.1, 0.15) is 25.0 Å². The van der Waals surface area contributed by atoms with Crippen LogP contribution in [0.25, 0.3) is 0 Å². The number of piperidine rings is 1. The van der Waals surface area contributed by atoms with Crippen molar-refractivity contribution in [1.29, 1.82) is 0 Å². The molecule has 1 aliphatic heterocycles. The fraction of sp³-hybridized carbons (Fsp3) is 0.526. The van der Waals surface area contributed by atoms with Gasteiger partial charge in [-0.1, -0.05) is 6.07 Å². The highest BCUT2D eigenvalue weighted by Gasteiger charge is 2.33. The Bertz CT molecular complexity index is 861. The lowest BCUT2D eigenvalue weighted by Gasteiger charge is -2.31. The molecule has 5 rings (SSSR count). The molecule has 2 fully saturated rings. The van der Waals surface area contributed by atoms with Crippen molar-refractivity contribution in [3.05, 3.63) is 54.4 Å². The summed E-state index contributed by atoms with van der Waals surface area (Å²) in [6.45, 7) is 3.81. The maximum absolute atomic E-state index is 4.61. The van der Waals surface area contributed by atoms with Crippen LogP contribution in [0.15, 0.2) is 37.2 Å². The highest BCUT2D eigenvalue weighted by molar-refractivity contribution is 5.11. The highest BCUT2D eigenvalue weighted by atomic mass is 15.4. The molecule has 0 N–H and O–H groups in total. The highest BCUT2D eigenvalue weighted by Crippen LogP contribution is 2.40. The lowest BCUT2D eigenvalue weighted by Crippen LogP contribution is -2.33. The van der Waals surface area contributed by atoms with Gasteiger partial charge in [0.2, 0.25) is 0 Å². The molecule has 27 heavy (non-hydrogen) atoms. The smallest absolute Gasteiger partial charge is 0.155 e. The van der Waals surface area contributed by atoms with Gasteiger partial charge in [-0.2, -0.15) is 5.10 Å². The Labute approximate surface area is 158 Å². The summed E-state index contributed by atoms with van der Waals surface area (Å²) in [7, 11) is 0. The van der Waals surface area contributed by atoms with Crippen molar-refractivity contribution in [3.63, 3.8) is 0 Å². The first-order valence-corrected chi connectivity index (χ1v) is 9.74. The first-order chi connectivity index (χ1) is 13.4. The molecule has 140 valence electrons. The van der Waals surface area contributed by atoms with E-state index in [0.717, 1.165) is 38.3 Å². The van der Waals surface area contributed by atoms with Crippen molar-refractivity contribution < 1.29 is 0 Å². The van der Waals surface area contributed by atoms with Crippen molar-refractivity contribution in [2.24, 2.45) is 0 Å². The second kappa shape index (κ2) is 7.19. The van der Waals surface area contributed by atoms with Gasteiger partial charge in [-0.15, -0.1) is 10.2 Å². The Kier molecular flexibility index (Phi) is 4.41. The zero-order chi connectivity index (χ0) is 18.1. The van der Waals surface area contributed by atoms with Crippen molar-refractivity contribution in [3.8, 4) is 0 Å². The van der Waals surface area contributed by atoms with Crippen LogP contribution in [0, 0.1) is 0 Å². The minimum absolute atomic E-state index is 0.493. The summed E-state index contributed by atoms with van der Waals surface area (Å²) < 4.78 is 4.21. The van der Waals surface area contributed by atoms with E-state index in [1.807, 2.05) is 23.1 Å². The van der Waals surface area contributed by atoms with Gasteiger partial charge in [-0.05, 0) is 50.4 Å². The van der Waals surface area contributed by atoms with Crippen LogP contribution in [0.5, 0.6) is 0 Å². The molecule has 3 aromatic heterocycles. The second-order valence-electron chi connectivity index (χ2n) is 7.58. The van der Waals surface area contributed by atoms with E-state index in [2.05, 4.69) is 40.8 Å². The molecule has 3 aromatic rings. The molecule has 2 aliphatic rings. The standard InChI is InChI=1S/C19H24N8/c1-2-15(10-20-7-1)11-25-8-5-16(6-9-25)19-24-23-18(27(19)17-3-4-17)12-26-14-21-13-22-26/h1-2,7,10,13-14,16-17H,3-6,8-9,11-12H2. The monoisotopic (exact) mass is 364 g/mol. The minimum atomic E-state index is 0.493. The first kappa shape index (κ1) is 16.6. The summed E-state index contributed by atoms with van der Waals surface area (Å²) in [5.74, 6) is 2.68. The Morgan fingerprint density at radius 1 is 1.00 bits per heavy atom. The fourth-order valence-electron chi connectivity index (χ4n) is 4.01. The average Bonchev–Trinajstić information content (AvgIpc) is 3.25. The van der Waals surface area contributed by atoms with Crippen LogP contribution in [0.1, 0.15) is 54.9 Å². The van der Waals surface area contributed by atoms with Crippen LogP contribution in [-0.2, 0) is 13.1 Å². The van der Waals surface area contributed by atoms with Crippen LogP contribution in [0.4, 0.5) is 0 Å². The van der Waals surface area contributed by atoms with Crippen molar-refractivity contribution >= 4 is 0 Å². The Morgan fingerprint density at radius 3 is 2.59 bits per heavy atom. The molecular weight excluding hydrogens is 340 g/mol. The van der Waals surface area contributed by atoms with Gasteiger partial charge < -0.3 is 4.57 Å². The Balaban J connectivity index is 1.27. The zero-order valence-corrected chi connectivity index (χ0v) is 15.4. The molecule has 0 spiro atoms. The molecule has 0 unspecified atom stereocenters. The maximum atomic E-state index is 4.61. The summed E-state index contributed by atoms with van der Waals surface area (Å²) in [5.41, 5.74) is 1.28. The largest absolute Gasteiger partial charge is 0.310 e. The van der Waals surface area contributed by atoms with Gasteiger partial charge in [-0.25, -0.2) is 9.67 Å². The number of hydrogen-bond acceptors (Lipinski definition) is 6. The molecule has 1 saturated heterocycles. The first-order valence-electron chi connectivity index (χ1n) is 9.74. The Hall–Kier alpha value is -2.61. The normalized spacial score (nSPS) is 18.8. The molecule has 1 aliphatic carbocycles. The molecule has 8 heteroatoms. The van der Waals surface area contributed by atoms with Gasteiger partial charge in [0.05, 0.1) is 0 Å². The zero-order valence-electron chi connectivity index (χ0n) is 15.4. The summed E-state index contributed by atoms with van der Waals surface area (Å²) in [6, 6.07) is 4.73. The van der Waals surface area contributed by atoms with E-state index in [9.17, 15) is 0 Å². The van der Waals surface area contributed by atoms with E-state index in [1.165, 1.54) is 24.2 Å². The predicted octanol–water partition coefficient (Wildman–Crippen LogP) is 2.03. The van der Waals surface area contributed by atoms with Gasteiger partial charge in [0.25, 0.3) is 0 Å². The van der Waals surface area contributed by atoms with Gasteiger partial charge in [0, 0.05) is 30.9 Å². The SMILES string of the molecule is c1cncc(CN2CCC(c3nnc(Cn4cncn4)n3C3CC3)CC2)c1. The summed E-state index contributed by atoms with van der Waals surface area (Å²) in [4.78, 5) is 10.8. The van der Waals surface area contributed by atoms with Crippen molar-refractivity contribution in [2.75, 3.05) is 13.1 Å². The summed E-state index contributed by atoms with van der Waals surface area (Å²) >= 11 is 0. The lowest BCUT2D eigenvalue weighted by atomic mass is 9.95. The molecule has 8 nitrogen and oxygen atoms in total. The third-order valence-corrected chi connectivity index (χ3v) is 5.56. The molecule has 0 bridgehead atoms. The van der Waals surface area contributed by atoms with E-state index in [1.54, 1.807) is 12.7 Å². The van der Waals surface area contributed by atoms with Crippen molar-refractivity contribution in [1.82, 2.24) is 39.4 Å². The number of pyridine rings is 1. The molecule has 0 amide bonds. The molecule has 1 saturated carbocycles. The predicted molar refractivity (Wildman–Crippen MR) is 98.9 cm³/mol. The summed E-state index contributed by atoms with van der Waals surface area (Å²) in [5, 5.41) is 13.3. The molecule has 0 radical (unpaired) electrons. The topological polar surface area (TPSA) is 77.6 Å². The third-order valence-electron chi connectivity index (χ3n) is 5.56. The molecule has 4 heterocycles. The van der Waals surface area contributed by atoms with E-state index in [4.69, 9.17) is 0 Å². The number of rotatable bonds is 6. The van der Waals surface area contributed by atoms with Crippen LogP contribution in [-0.4, -0.2) is 52.5 Å². The molecule has 0 aromatic carbocycles. The maximum Gasteiger partial charge on any atom is 0.155 e. The number of aromatic nitrogens is 7. The minimum Gasteiger partial charge on any atom is -0.310 e. The van der Waals surface area contributed by atoms with E-state index < -0.39 is 0 Å². The van der Waals surface area contributed by atoms with Crippen molar-refractivity contribution in [2.45, 2.75) is 50.7 Å². The molecule has 0 atom stereocenters. The lowest BCUT2D eigenvalue weighted by molar-refractivity contribution is 0.199. The fourth-order valence-corrected chi connectivity index (χ4v) is 4.01. The Morgan fingerprint density at radius 2 is 1.89 bits per heavy atom. The van der Waals surface area contributed by atoms with Crippen LogP contribution in [0.3, 0.4) is 0 Å². The van der Waals surface area contributed by atoms with Crippen LogP contribution >= 0.6 is 0 Å². The third kappa shape index (κ3) is 3.62. The molecular formula is C19H24N8. The summed E-state index contributed by atoms with van der Waals surface area (Å²) in [6.07, 6.45) is 11.8. The van der Waals surface area contributed by atoms with E-state index in [0.29, 0.717) is 18.5 Å². The number of hydrogen-bond donors (Lipinski definition) is 0.